The van der Waals surface area contributed by atoms with E-state index in [1.807, 2.05) is 18.2 Å². The molecule has 0 atom stereocenters. The fourth-order valence-corrected chi connectivity index (χ4v) is 6.24. The van der Waals surface area contributed by atoms with Crippen LogP contribution < -0.4 is 0 Å². The number of nitrogens with zero attached hydrogens (tertiary/aromatic N) is 4. The van der Waals surface area contributed by atoms with Crippen molar-refractivity contribution in [3.63, 3.8) is 0 Å². The molecule has 0 fully saturated rings. The number of hydrogen-bond acceptors (Lipinski definition) is 3. The van der Waals surface area contributed by atoms with Crippen LogP contribution in [0, 0.1) is 0 Å². The third-order valence-electron chi connectivity index (χ3n) is 8.63. The average molecular weight is 581 g/mol. The highest BCUT2D eigenvalue weighted by Gasteiger charge is 2.20. The first-order valence-electron chi connectivity index (χ1n) is 15.4. The van der Waals surface area contributed by atoms with Gasteiger partial charge in [-0.15, -0.1) is 0 Å². The van der Waals surface area contributed by atoms with E-state index in [0.717, 1.165) is 27.7 Å². The smallest absolute Gasteiger partial charge is 0.238 e. The van der Waals surface area contributed by atoms with Crippen LogP contribution in [-0.4, -0.2) is 19.5 Å². The summed E-state index contributed by atoms with van der Waals surface area (Å²) in [6.45, 7) is 6.69. The fourth-order valence-electron chi connectivity index (χ4n) is 6.24. The first-order valence-corrected chi connectivity index (χ1v) is 15.4. The Hall–Kier alpha value is -5.61. The van der Waals surface area contributed by atoms with Crippen LogP contribution in [0.4, 0.5) is 0 Å². The standard InChI is InChI=1S/C41H32N4/c1-41(2,3)32-22-18-30(19-23-32)39-42-38(29-15-8-5-9-16-29)43-40(44-39)45-35-25-21-28-14-10-11-17-33(28)37(35)34-24-20-31(26-36(34)45)27-12-6-4-7-13-27/h4-26H,1-3H3. The molecule has 8 rings (SSSR count). The lowest BCUT2D eigenvalue weighted by atomic mass is 9.87. The molecule has 0 amide bonds. The van der Waals surface area contributed by atoms with Gasteiger partial charge < -0.3 is 0 Å². The molecule has 0 spiro atoms. The Morgan fingerprint density at radius 1 is 0.467 bits per heavy atom. The van der Waals surface area contributed by atoms with Crippen molar-refractivity contribution in [2.24, 2.45) is 0 Å². The summed E-state index contributed by atoms with van der Waals surface area (Å²) < 4.78 is 2.21. The van der Waals surface area contributed by atoms with Crippen molar-refractivity contribution in [1.29, 1.82) is 0 Å². The summed E-state index contributed by atoms with van der Waals surface area (Å²) in [5, 5.41) is 4.78. The lowest BCUT2D eigenvalue weighted by molar-refractivity contribution is 0.590. The number of hydrogen-bond donors (Lipinski definition) is 0. The van der Waals surface area contributed by atoms with Crippen LogP contribution in [0.2, 0.25) is 0 Å². The predicted octanol–water partition coefficient (Wildman–Crippen LogP) is 10.4. The van der Waals surface area contributed by atoms with E-state index >= 15 is 0 Å². The Bertz CT molecular complexity index is 2330. The zero-order chi connectivity index (χ0) is 30.5. The van der Waals surface area contributed by atoms with Crippen LogP contribution in [0.3, 0.4) is 0 Å². The Morgan fingerprint density at radius 2 is 1.07 bits per heavy atom. The van der Waals surface area contributed by atoms with Gasteiger partial charge in [-0.25, -0.2) is 4.98 Å². The predicted molar refractivity (Wildman–Crippen MR) is 187 cm³/mol. The molecule has 6 aromatic carbocycles. The average Bonchev–Trinajstić information content (AvgIpc) is 3.43. The minimum atomic E-state index is 0.0557. The van der Waals surface area contributed by atoms with Gasteiger partial charge in [0.15, 0.2) is 11.6 Å². The zero-order valence-corrected chi connectivity index (χ0v) is 25.6. The normalized spacial score (nSPS) is 11.9. The van der Waals surface area contributed by atoms with Gasteiger partial charge in [0, 0.05) is 21.9 Å². The molecule has 0 radical (unpaired) electrons. The van der Waals surface area contributed by atoms with Crippen LogP contribution in [0.5, 0.6) is 0 Å². The summed E-state index contributed by atoms with van der Waals surface area (Å²) in [4.78, 5) is 15.4. The van der Waals surface area contributed by atoms with Crippen molar-refractivity contribution in [3.8, 4) is 39.9 Å². The molecule has 0 N–H and O–H groups in total. The fraction of sp³-hybridized carbons (Fsp3) is 0.0976. The molecular formula is C41H32N4. The molecule has 45 heavy (non-hydrogen) atoms. The molecular weight excluding hydrogens is 548 g/mol. The molecule has 8 aromatic rings. The van der Waals surface area contributed by atoms with Gasteiger partial charge in [-0.1, -0.05) is 148 Å². The van der Waals surface area contributed by atoms with Gasteiger partial charge in [0.25, 0.3) is 0 Å². The highest BCUT2D eigenvalue weighted by molar-refractivity contribution is 6.21. The molecule has 4 nitrogen and oxygen atoms in total. The van der Waals surface area contributed by atoms with Gasteiger partial charge in [0.2, 0.25) is 5.95 Å². The third-order valence-corrected chi connectivity index (χ3v) is 8.63. The first-order chi connectivity index (χ1) is 21.9. The van der Waals surface area contributed by atoms with E-state index < -0.39 is 0 Å². The quantitative estimate of drug-likeness (QED) is 0.208. The lowest BCUT2D eigenvalue weighted by Crippen LogP contribution is -2.10. The number of aromatic nitrogens is 4. The van der Waals surface area contributed by atoms with Crippen LogP contribution >= 0.6 is 0 Å². The van der Waals surface area contributed by atoms with E-state index in [4.69, 9.17) is 15.0 Å². The van der Waals surface area contributed by atoms with E-state index in [-0.39, 0.29) is 5.41 Å². The monoisotopic (exact) mass is 580 g/mol. The summed E-state index contributed by atoms with van der Waals surface area (Å²) in [5.41, 5.74) is 7.67. The van der Waals surface area contributed by atoms with Gasteiger partial charge in [0.1, 0.15) is 0 Å². The van der Waals surface area contributed by atoms with Crippen LogP contribution in [0.25, 0.3) is 72.4 Å². The highest BCUT2D eigenvalue weighted by atomic mass is 15.2. The molecule has 216 valence electrons. The third kappa shape index (κ3) is 4.76. The topological polar surface area (TPSA) is 43.6 Å². The highest BCUT2D eigenvalue weighted by Crippen LogP contribution is 2.38. The second-order valence-corrected chi connectivity index (χ2v) is 12.6. The van der Waals surface area contributed by atoms with Gasteiger partial charge in [-0.3, -0.25) is 4.57 Å². The SMILES string of the molecule is CC(C)(C)c1ccc(-c2nc(-c3ccccc3)nc(-n3c4cc(-c5ccccc5)ccc4c4c5ccccc5ccc43)n2)cc1. The van der Waals surface area contributed by atoms with Crippen molar-refractivity contribution in [2.45, 2.75) is 26.2 Å². The maximum absolute atomic E-state index is 5.19. The Balaban J connectivity index is 1.44. The Kier molecular flexibility index (Phi) is 6.31. The minimum Gasteiger partial charge on any atom is -0.278 e. The molecule has 0 saturated heterocycles. The second-order valence-electron chi connectivity index (χ2n) is 12.6. The van der Waals surface area contributed by atoms with E-state index in [2.05, 4.69) is 147 Å². The van der Waals surface area contributed by atoms with Crippen molar-refractivity contribution >= 4 is 32.6 Å². The molecule has 0 aliphatic carbocycles. The largest absolute Gasteiger partial charge is 0.278 e. The minimum absolute atomic E-state index is 0.0557. The van der Waals surface area contributed by atoms with Crippen molar-refractivity contribution in [2.75, 3.05) is 0 Å². The molecule has 0 saturated carbocycles. The van der Waals surface area contributed by atoms with Gasteiger partial charge in [-0.05, 0) is 45.0 Å². The van der Waals surface area contributed by atoms with E-state index in [1.54, 1.807) is 0 Å². The van der Waals surface area contributed by atoms with E-state index in [9.17, 15) is 0 Å². The van der Waals surface area contributed by atoms with Crippen molar-refractivity contribution in [1.82, 2.24) is 19.5 Å². The lowest BCUT2D eigenvalue weighted by Gasteiger charge is -2.19. The molecule has 0 aliphatic rings. The molecule has 2 heterocycles. The molecule has 0 unspecified atom stereocenters. The summed E-state index contributed by atoms with van der Waals surface area (Å²) in [6.07, 6.45) is 0. The maximum Gasteiger partial charge on any atom is 0.238 e. The zero-order valence-electron chi connectivity index (χ0n) is 25.6. The number of fused-ring (bicyclic) bond motifs is 5. The summed E-state index contributed by atoms with van der Waals surface area (Å²) >= 11 is 0. The van der Waals surface area contributed by atoms with Crippen LogP contribution in [0.1, 0.15) is 26.3 Å². The van der Waals surface area contributed by atoms with Crippen molar-refractivity contribution < 1.29 is 0 Å². The van der Waals surface area contributed by atoms with Gasteiger partial charge in [-0.2, -0.15) is 9.97 Å². The Labute approximate surface area is 262 Å². The van der Waals surface area contributed by atoms with Crippen LogP contribution in [0.15, 0.2) is 140 Å². The van der Waals surface area contributed by atoms with E-state index in [0.29, 0.717) is 17.6 Å². The van der Waals surface area contributed by atoms with Gasteiger partial charge >= 0.3 is 0 Å². The second kappa shape index (κ2) is 10.5. The summed E-state index contributed by atoms with van der Waals surface area (Å²) in [7, 11) is 0. The molecule has 0 aliphatic heterocycles. The van der Waals surface area contributed by atoms with Crippen molar-refractivity contribution in [3.05, 3.63) is 145 Å². The summed E-state index contributed by atoms with van der Waals surface area (Å²) in [5.74, 6) is 1.89. The number of benzene rings is 6. The van der Waals surface area contributed by atoms with Crippen LogP contribution in [-0.2, 0) is 5.41 Å². The summed E-state index contributed by atoms with van der Waals surface area (Å²) in [6, 6.07) is 49.0. The van der Waals surface area contributed by atoms with Gasteiger partial charge in [0.05, 0.1) is 11.0 Å². The first kappa shape index (κ1) is 27.0. The molecule has 2 aromatic heterocycles. The Morgan fingerprint density at radius 3 is 1.76 bits per heavy atom. The molecule has 4 heteroatoms. The van der Waals surface area contributed by atoms with E-state index in [1.165, 1.54) is 32.7 Å². The number of rotatable bonds is 4. The molecule has 0 bridgehead atoms. The maximum atomic E-state index is 5.19.